The lowest BCUT2D eigenvalue weighted by molar-refractivity contribution is -0.140. The predicted molar refractivity (Wildman–Crippen MR) is 130 cm³/mol. The molecule has 0 bridgehead atoms. The highest BCUT2D eigenvalue weighted by molar-refractivity contribution is 6.46. The number of amides is 1. The summed E-state index contributed by atoms with van der Waals surface area (Å²) >= 11 is 0. The molecule has 2 heterocycles. The number of aliphatic hydroxyl groups is 1. The van der Waals surface area contributed by atoms with Crippen LogP contribution in [0.1, 0.15) is 42.1 Å². The van der Waals surface area contributed by atoms with Crippen molar-refractivity contribution >= 4 is 17.4 Å². The quantitative estimate of drug-likeness (QED) is 0.306. The van der Waals surface area contributed by atoms with Crippen molar-refractivity contribution in [1.29, 1.82) is 0 Å². The van der Waals surface area contributed by atoms with Crippen LogP contribution >= 0.6 is 0 Å². The van der Waals surface area contributed by atoms with Gasteiger partial charge in [-0.2, -0.15) is 0 Å². The van der Waals surface area contributed by atoms with E-state index in [1.807, 2.05) is 43.3 Å². The summed E-state index contributed by atoms with van der Waals surface area (Å²) in [6.07, 6.45) is 3.30. The van der Waals surface area contributed by atoms with E-state index in [9.17, 15) is 14.7 Å². The minimum Gasteiger partial charge on any atom is -0.507 e. The van der Waals surface area contributed by atoms with E-state index in [-0.39, 0.29) is 17.9 Å². The van der Waals surface area contributed by atoms with E-state index in [2.05, 4.69) is 18.8 Å². The third-order valence-corrected chi connectivity index (χ3v) is 5.69. The molecule has 1 aliphatic rings. The molecule has 1 aliphatic heterocycles. The molecule has 1 amide bonds. The molecule has 174 valence electrons. The Morgan fingerprint density at radius 1 is 1.06 bits per heavy atom. The first-order valence-electron chi connectivity index (χ1n) is 11.3. The average Bonchev–Trinajstić information content (AvgIpc) is 3.08. The van der Waals surface area contributed by atoms with Gasteiger partial charge in [0.25, 0.3) is 11.7 Å². The maximum Gasteiger partial charge on any atom is 0.295 e. The number of nitrogens with zero attached hydrogens (tertiary/aromatic N) is 2. The fourth-order valence-corrected chi connectivity index (χ4v) is 4.07. The lowest BCUT2D eigenvalue weighted by Gasteiger charge is -2.25. The van der Waals surface area contributed by atoms with Gasteiger partial charge in [0.15, 0.2) is 0 Å². The zero-order chi connectivity index (χ0) is 24.2. The van der Waals surface area contributed by atoms with Crippen LogP contribution in [0.2, 0.25) is 0 Å². The Morgan fingerprint density at radius 3 is 2.50 bits per heavy atom. The summed E-state index contributed by atoms with van der Waals surface area (Å²) in [5, 5.41) is 11.3. The highest BCUT2D eigenvalue weighted by Gasteiger charge is 2.46. The summed E-state index contributed by atoms with van der Waals surface area (Å²) in [6.45, 7) is 6.81. The Morgan fingerprint density at radius 2 is 1.79 bits per heavy atom. The van der Waals surface area contributed by atoms with Gasteiger partial charge < -0.3 is 14.7 Å². The molecule has 2 aromatic carbocycles. The normalized spacial score (nSPS) is 17.4. The summed E-state index contributed by atoms with van der Waals surface area (Å²) in [5.41, 5.74) is 3.11. The van der Waals surface area contributed by atoms with Crippen LogP contribution < -0.4 is 4.74 Å². The molecule has 34 heavy (non-hydrogen) atoms. The van der Waals surface area contributed by atoms with E-state index in [1.165, 1.54) is 4.90 Å². The summed E-state index contributed by atoms with van der Waals surface area (Å²) < 4.78 is 5.79. The van der Waals surface area contributed by atoms with Gasteiger partial charge in [-0.1, -0.05) is 55.8 Å². The number of carbonyl (C=O) groups excluding carboxylic acids is 2. The molecule has 1 unspecified atom stereocenters. The van der Waals surface area contributed by atoms with E-state index >= 15 is 0 Å². The summed E-state index contributed by atoms with van der Waals surface area (Å²) in [5.74, 6) is -0.617. The number of ketones is 1. The number of ether oxygens (including phenoxy) is 1. The first-order valence-corrected chi connectivity index (χ1v) is 11.3. The Kier molecular flexibility index (Phi) is 6.77. The van der Waals surface area contributed by atoms with Crippen LogP contribution in [0.4, 0.5) is 0 Å². The number of Topliss-reactive ketones (excluding diaryl/α,β-unsaturated/α-hetero) is 1. The zero-order valence-electron chi connectivity index (χ0n) is 19.6. The van der Waals surface area contributed by atoms with E-state index in [0.29, 0.717) is 23.8 Å². The molecule has 1 fully saturated rings. The van der Waals surface area contributed by atoms with E-state index in [0.717, 1.165) is 16.7 Å². The number of hydrogen-bond acceptors (Lipinski definition) is 5. The van der Waals surface area contributed by atoms with Crippen LogP contribution in [-0.2, 0) is 16.1 Å². The largest absolute Gasteiger partial charge is 0.507 e. The third-order valence-electron chi connectivity index (χ3n) is 5.69. The number of aromatic nitrogens is 1. The summed E-state index contributed by atoms with van der Waals surface area (Å²) in [4.78, 5) is 31.9. The topological polar surface area (TPSA) is 79.7 Å². The fraction of sp³-hybridized carbons (Fsp3) is 0.250. The molecule has 1 N–H and O–H groups in total. The van der Waals surface area contributed by atoms with Gasteiger partial charge in [-0.15, -0.1) is 0 Å². The molecule has 1 aromatic heterocycles. The van der Waals surface area contributed by atoms with Gasteiger partial charge in [0.2, 0.25) is 0 Å². The van der Waals surface area contributed by atoms with Crippen molar-refractivity contribution in [2.45, 2.75) is 33.4 Å². The lowest BCUT2D eigenvalue weighted by atomic mass is 9.94. The monoisotopic (exact) mass is 456 g/mol. The molecule has 4 rings (SSSR count). The van der Waals surface area contributed by atoms with Crippen LogP contribution in [-0.4, -0.2) is 33.3 Å². The Labute approximate surface area is 199 Å². The van der Waals surface area contributed by atoms with E-state index < -0.39 is 17.7 Å². The molecule has 0 spiro atoms. The standard InChI is InChI=1S/C28H28N2O4/c1-18(2)17-34-23-9-5-8-22(15-23)26(31)24-25(21-7-4-6-19(3)14-21)30(28(33)27(24)32)16-20-10-12-29-13-11-20/h4-15,18,25,31H,16-17H2,1-3H3/b26-24-. The van der Waals surface area contributed by atoms with Crippen molar-refractivity contribution < 1.29 is 19.4 Å². The maximum atomic E-state index is 13.2. The minimum absolute atomic E-state index is 0.0747. The van der Waals surface area contributed by atoms with Crippen molar-refractivity contribution in [1.82, 2.24) is 9.88 Å². The number of benzene rings is 2. The second kappa shape index (κ2) is 9.91. The lowest BCUT2D eigenvalue weighted by Crippen LogP contribution is -2.29. The van der Waals surface area contributed by atoms with Crippen molar-refractivity contribution in [3.63, 3.8) is 0 Å². The molecule has 6 heteroatoms. The van der Waals surface area contributed by atoms with Gasteiger partial charge in [0, 0.05) is 24.5 Å². The molecule has 1 atom stereocenters. The van der Waals surface area contributed by atoms with Crippen LogP contribution in [0.5, 0.6) is 5.75 Å². The molecule has 1 saturated heterocycles. The zero-order valence-corrected chi connectivity index (χ0v) is 19.6. The highest BCUT2D eigenvalue weighted by atomic mass is 16.5. The van der Waals surface area contributed by atoms with Crippen LogP contribution in [0.25, 0.3) is 5.76 Å². The number of likely N-dealkylation sites (tertiary alicyclic amines) is 1. The van der Waals surface area contributed by atoms with Gasteiger partial charge in [-0.3, -0.25) is 14.6 Å². The van der Waals surface area contributed by atoms with Crippen LogP contribution in [0.15, 0.2) is 78.6 Å². The number of carbonyl (C=O) groups is 2. The third kappa shape index (κ3) is 4.86. The first kappa shape index (κ1) is 23.2. The molecular weight excluding hydrogens is 428 g/mol. The molecule has 0 saturated carbocycles. The summed E-state index contributed by atoms with van der Waals surface area (Å²) in [7, 11) is 0. The number of pyridine rings is 1. The van der Waals surface area contributed by atoms with Gasteiger partial charge in [0.1, 0.15) is 11.5 Å². The fourth-order valence-electron chi connectivity index (χ4n) is 4.07. The maximum absolute atomic E-state index is 13.2. The number of hydrogen-bond donors (Lipinski definition) is 1. The van der Waals surface area contributed by atoms with Crippen molar-refractivity contribution in [3.05, 3.63) is 101 Å². The second-order valence-electron chi connectivity index (χ2n) is 8.93. The molecule has 0 aliphatic carbocycles. The van der Waals surface area contributed by atoms with Gasteiger partial charge in [0.05, 0.1) is 18.2 Å². The van der Waals surface area contributed by atoms with Crippen LogP contribution in [0, 0.1) is 12.8 Å². The second-order valence-corrected chi connectivity index (χ2v) is 8.93. The van der Waals surface area contributed by atoms with Crippen molar-refractivity contribution in [2.75, 3.05) is 6.61 Å². The van der Waals surface area contributed by atoms with Gasteiger partial charge >= 0.3 is 0 Å². The minimum atomic E-state index is -0.715. The SMILES string of the molecule is Cc1cccc(C2/C(=C(/O)c3cccc(OCC(C)C)c3)C(=O)C(=O)N2Cc2ccncc2)c1. The number of rotatable bonds is 7. The van der Waals surface area contributed by atoms with Gasteiger partial charge in [-0.05, 0) is 48.2 Å². The molecular formula is C28H28N2O4. The van der Waals surface area contributed by atoms with E-state index in [1.54, 1.807) is 36.7 Å². The Hall–Kier alpha value is -3.93. The van der Waals surface area contributed by atoms with Crippen molar-refractivity contribution in [2.24, 2.45) is 5.92 Å². The average molecular weight is 457 g/mol. The molecule has 0 radical (unpaired) electrons. The smallest absolute Gasteiger partial charge is 0.295 e. The number of aryl methyl sites for hydroxylation is 1. The van der Waals surface area contributed by atoms with Gasteiger partial charge in [-0.25, -0.2) is 0 Å². The first-order chi connectivity index (χ1) is 16.3. The Bertz CT molecular complexity index is 1230. The van der Waals surface area contributed by atoms with E-state index in [4.69, 9.17) is 4.74 Å². The molecule has 6 nitrogen and oxygen atoms in total. The number of aliphatic hydroxyl groups excluding tert-OH is 1. The predicted octanol–water partition coefficient (Wildman–Crippen LogP) is 5.05. The molecule has 3 aromatic rings. The highest BCUT2D eigenvalue weighted by Crippen LogP contribution is 2.40. The summed E-state index contributed by atoms with van der Waals surface area (Å²) in [6, 6.07) is 17.5. The van der Waals surface area contributed by atoms with Crippen molar-refractivity contribution in [3.8, 4) is 5.75 Å². The van der Waals surface area contributed by atoms with Crippen LogP contribution in [0.3, 0.4) is 0 Å². The Balaban J connectivity index is 1.81.